The molecule has 1 N–H and O–H groups in total. The van der Waals surface area contributed by atoms with Gasteiger partial charge in [-0.15, -0.1) is 0 Å². The molecule has 2 nitrogen and oxygen atoms in total. The molecule has 2 rings (SSSR count). The van der Waals surface area contributed by atoms with Crippen molar-refractivity contribution in [2.45, 2.75) is 44.7 Å². The Morgan fingerprint density at radius 3 is 2.75 bits per heavy atom. The first-order valence-electron chi connectivity index (χ1n) is 5.18. The van der Waals surface area contributed by atoms with E-state index in [1.165, 1.54) is 25.7 Å². The molecule has 0 aromatic rings. The van der Waals surface area contributed by atoms with Crippen LogP contribution in [-0.4, -0.2) is 25.3 Å². The average molecular weight is 169 g/mol. The zero-order valence-electron chi connectivity index (χ0n) is 7.88. The molecule has 70 valence electrons. The van der Waals surface area contributed by atoms with Gasteiger partial charge in [0.25, 0.3) is 0 Å². The van der Waals surface area contributed by atoms with Crippen LogP contribution in [0.15, 0.2) is 0 Å². The van der Waals surface area contributed by atoms with Crippen molar-refractivity contribution < 1.29 is 4.74 Å². The minimum absolute atomic E-state index is 0.559. The predicted octanol–water partition coefficient (Wildman–Crippen LogP) is 1.55. The molecule has 1 heterocycles. The molecule has 2 fully saturated rings. The van der Waals surface area contributed by atoms with E-state index < -0.39 is 0 Å². The minimum atomic E-state index is 0.559. The van der Waals surface area contributed by atoms with Crippen molar-refractivity contribution in [1.82, 2.24) is 5.32 Å². The van der Waals surface area contributed by atoms with Gasteiger partial charge in [0.2, 0.25) is 0 Å². The van der Waals surface area contributed by atoms with Gasteiger partial charge in [0.05, 0.1) is 13.2 Å². The van der Waals surface area contributed by atoms with Crippen LogP contribution in [0.25, 0.3) is 0 Å². The fraction of sp³-hybridized carbons (Fsp3) is 1.00. The Balaban J connectivity index is 1.71. The summed E-state index contributed by atoms with van der Waals surface area (Å²) in [6.07, 6.45) is 5.69. The van der Waals surface area contributed by atoms with Gasteiger partial charge in [0.1, 0.15) is 0 Å². The molecule has 1 aliphatic heterocycles. The van der Waals surface area contributed by atoms with Gasteiger partial charge in [-0.2, -0.15) is 0 Å². The zero-order chi connectivity index (χ0) is 8.39. The molecule has 2 unspecified atom stereocenters. The van der Waals surface area contributed by atoms with E-state index in [2.05, 4.69) is 12.2 Å². The molecular weight excluding hydrogens is 150 g/mol. The van der Waals surface area contributed by atoms with Gasteiger partial charge >= 0.3 is 0 Å². The standard InChI is InChI=1S/C10H19NO/c1-8-6-12-7-10(11-8)5-9-3-2-4-9/h8-11H,2-7H2,1H3. The quantitative estimate of drug-likeness (QED) is 0.677. The lowest BCUT2D eigenvalue weighted by atomic mass is 9.81. The summed E-state index contributed by atoms with van der Waals surface area (Å²) in [5, 5.41) is 3.59. The molecule has 0 radical (unpaired) electrons. The number of rotatable bonds is 2. The summed E-state index contributed by atoms with van der Waals surface area (Å²) in [5.74, 6) is 0.997. The summed E-state index contributed by atoms with van der Waals surface area (Å²) in [5.41, 5.74) is 0. The molecule has 1 saturated heterocycles. The predicted molar refractivity (Wildman–Crippen MR) is 49.2 cm³/mol. The molecule has 0 aromatic carbocycles. The summed E-state index contributed by atoms with van der Waals surface area (Å²) in [7, 11) is 0. The lowest BCUT2D eigenvalue weighted by Gasteiger charge is -2.34. The zero-order valence-corrected chi connectivity index (χ0v) is 7.88. The van der Waals surface area contributed by atoms with Gasteiger partial charge in [0.15, 0.2) is 0 Å². The van der Waals surface area contributed by atoms with Crippen LogP contribution >= 0.6 is 0 Å². The maximum atomic E-state index is 5.50. The molecule has 0 amide bonds. The van der Waals surface area contributed by atoms with Crippen LogP contribution in [0.5, 0.6) is 0 Å². The third-order valence-corrected chi connectivity index (χ3v) is 3.05. The van der Waals surface area contributed by atoms with Crippen LogP contribution in [0.3, 0.4) is 0 Å². The summed E-state index contributed by atoms with van der Waals surface area (Å²) in [4.78, 5) is 0. The summed E-state index contributed by atoms with van der Waals surface area (Å²) < 4.78 is 5.50. The Bertz CT molecular complexity index is 145. The van der Waals surface area contributed by atoms with Crippen molar-refractivity contribution in [3.63, 3.8) is 0 Å². The largest absolute Gasteiger partial charge is 0.378 e. The van der Waals surface area contributed by atoms with Crippen LogP contribution in [0.2, 0.25) is 0 Å². The highest BCUT2D eigenvalue weighted by atomic mass is 16.5. The molecule has 12 heavy (non-hydrogen) atoms. The van der Waals surface area contributed by atoms with E-state index in [1.54, 1.807) is 0 Å². The maximum Gasteiger partial charge on any atom is 0.0620 e. The van der Waals surface area contributed by atoms with Crippen LogP contribution in [0, 0.1) is 5.92 Å². The molecule has 0 aromatic heterocycles. The van der Waals surface area contributed by atoms with Gasteiger partial charge < -0.3 is 10.1 Å². The molecule has 1 aliphatic carbocycles. The van der Waals surface area contributed by atoms with Gasteiger partial charge in [-0.1, -0.05) is 19.3 Å². The van der Waals surface area contributed by atoms with E-state index in [4.69, 9.17) is 4.74 Å². The van der Waals surface area contributed by atoms with Crippen LogP contribution in [-0.2, 0) is 4.74 Å². The van der Waals surface area contributed by atoms with E-state index in [9.17, 15) is 0 Å². The second-order valence-corrected chi connectivity index (χ2v) is 4.33. The Hall–Kier alpha value is -0.0800. The van der Waals surface area contributed by atoms with E-state index in [0.717, 1.165) is 19.1 Å². The summed E-state index contributed by atoms with van der Waals surface area (Å²) in [6, 6.07) is 1.20. The number of hydrogen-bond acceptors (Lipinski definition) is 2. The van der Waals surface area contributed by atoms with E-state index in [0.29, 0.717) is 12.1 Å². The van der Waals surface area contributed by atoms with Gasteiger partial charge in [-0.25, -0.2) is 0 Å². The van der Waals surface area contributed by atoms with Crippen molar-refractivity contribution in [3.8, 4) is 0 Å². The lowest BCUT2D eigenvalue weighted by Crippen LogP contribution is -2.48. The SMILES string of the molecule is CC1COCC(CC2CCC2)N1. The highest BCUT2D eigenvalue weighted by Gasteiger charge is 2.25. The van der Waals surface area contributed by atoms with Crippen molar-refractivity contribution in [2.75, 3.05) is 13.2 Å². The number of ether oxygens (including phenoxy) is 1. The molecule has 0 spiro atoms. The fourth-order valence-corrected chi connectivity index (χ4v) is 2.15. The van der Waals surface area contributed by atoms with Crippen molar-refractivity contribution in [2.24, 2.45) is 5.92 Å². The van der Waals surface area contributed by atoms with Crippen molar-refractivity contribution in [1.29, 1.82) is 0 Å². The Morgan fingerprint density at radius 2 is 2.17 bits per heavy atom. The monoisotopic (exact) mass is 169 g/mol. The van der Waals surface area contributed by atoms with Crippen molar-refractivity contribution >= 4 is 0 Å². The minimum Gasteiger partial charge on any atom is -0.378 e. The third kappa shape index (κ3) is 1.99. The first-order chi connectivity index (χ1) is 5.84. The van der Waals surface area contributed by atoms with Gasteiger partial charge in [-0.05, 0) is 19.3 Å². The van der Waals surface area contributed by atoms with Crippen LogP contribution in [0.4, 0.5) is 0 Å². The highest BCUT2D eigenvalue weighted by molar-refractivity contribution is 4.81. The number of morpholine rings is 1. The van der Waals surface area contributed by atoms with Crippen LogP contribution in [0.1, 0.15) is 32.6 Å². The average Bonchev–Trinajstić information content (AvgIpc) is 1.97. The van der Waals surface area contributed by atoms with E-state index in [1.807, 2.05) is 0 Å². The number of hydrogen-bond donors (Lipinski definition) is 1. The molecule has 2 atom stereocenters. The molecule has 2 aliphatic rings. The Morgan fingerprint density at radius 1 is 1.33 bits per heavy atom. The van der Waals surface area contributed by atoms with Crippen molar-refractivity contribution in [3.05, 3.63) is 0 Å². The number of nitrogens with one attached hydrogen (secondary N) is 1. The van der Waals surface area contributed by atoms with Gasteiger partial charge in [-0.3, -0.25) is 0 Å². The molecular formula is C10H19NO. The first-order valence-corrected chi connectivity index (χ1v) is 5.18. The Labute approximate surface area is 74.7 Å². The highest BCUT2D eigenvalue weighted by Crippen LogP contribution is 2.30. The fourth-order valence-electron chi connectivity index (χ4n) is 2.15. The maximum absolute atomic E-state index is 5.50. The second kappa shape index (κ2) is 3.75. The normalized spacial score (nSPS) is 37.8. The molecule has 0 bridgehead atoms. The van der Waals surface area contributed by atoms with E-state index in [-0.39, 0.29) is 0 Å². The second-order valence-electron chi connectivity index (χ2n) is 4.33. The summed E-state index contributed by atoms with van der Waals surface area (Å²) >= 11 is 0. The van der Waals surface area contributed by atoms with E-state index >= 15 is 0 Å². The lowest BCUT2D eigenvalue weighted by molar-refractivity contribution is 0.0383. The smallest absolute Gasteiger partial charge is 0.0620 e. The topological polar surface area (TPSA) is 21.3 Å². The molecule has 1 saturated carbocycles. The summed E-state index contributed by atoms with van der Waals surface area (Å²) in [6.45, 7) is 4.02. The first kappa shape index (κ1) is 8.52. The Kier molecular flexibility index (Phi) is 2.66. The third-order valence-electron chi connectivity index (χ3n) is 3.05. The molecule has 2 heteroatoms. The van der Waals surface area contributed by atoms with Crippen LogP contribution < -0.4 is 5.32 Å². The van der Waals surface area contributed by atoms with Gasteiger partial charge in [0, 0.05) is 12.1 Å².